The number of pyridine rings is 1. The van der Waals surface area contributed by atoms with Crippen LogP contribution in [0.25, 0.3) is 0 Å². The fourth-order valence-electron chi connectivity index (χ4n) is 3.89. The number of nitrogens with zero attached hydrogens (tertiary/aromatic N) is 3. The average molecular weight is 354 g/mol. The maximum Gasteiger partial charge on any atom is 0.118 e. The summed E-state index contributed by atoms with van der Waals surface area (Å²) in [4.78, 5) is 9.29. The number of aromatic nitrogens is 1. The standard InChI is InChI=1S/C22H31N3O/c1-24(16-20-5-3-12-23-15-20)17-21-6-4-13-25(18-21)14-11-19-7-9-22(26-2)10-8-19/h3,5,7-10,12,15,21H,4,6,11,13-14,16-18H2,1-2H3. The first kappa shape index (κ1) is 18.9. The maximum absolute atomic E-state index is 5.24. The molecule has 0 N–H and O–H groups in total. The molecule has 1 fully saturated rings. The second-order valence-electron chi connectivity index (χ2n) is 7.46. The van der Waals surface area contributed by atoms with Gasteiger partial charge in [0.05, 0.1) is 7.11 Å². The van der Waals surface area contributed by atoms with Crippen LogP contribution in [0.2, 0.25) is 0 Å². The summed E-state index contributed by atoms with van der Waals surface area (Å²) < 4.78 is 5.24. The molecular weight excluding hydrogens is 322 g/mol. The third-order valence-electron chi connectivity index (χ3n) is 5.22. The van der Waals surface area contributed by atoms with Gasteiger partial charge in [-0.1, -0.05) is 18.2 Å². The van der Waals surface area contributed by atoms with E-state index in [1.165, 1.54) is 37.1 Å². The number of hydrogen-bond donors (Lipinski definition) is 0. The van der Waals surface area contributed by atoms with E-state index >= 15 is 0 Å². The summed E-state index contributed by atoms with van der Waals surface area (Å²) in [6.07, 6.45) is 7.58. The lowest BCUT2D eigenvalue weighted by Crippen LogP contribution is -2.40. The molecule has 1 aromatic carbocycles. The molecule has 26 heavy (non-hydrogen) atoms. The molecule has 140 valence electrons. The average Bonchev–Trinajstić information content (AvgIpc) is 2.68. The molecule has 3 rings (SSSR count). The van der Waals surface area contributed by atoms with Gasteiger partial charge in [0, 0.05) is 38.6 Å². The summed E-state index contributed by atoms with van der Waals surface area (Å²) in [6.45, 7) is 5.74. The summed E-state index contributed by atoms with van der Waals surface area (Å²) in [7, 11) is 3.94. The molecular formula is C22H31N3O. The minimum absolute atomic E-state index is 0.765. The van der Waals surface area contributed by atoms with Crippen molar-refractivity contribution >= 4 is 0 Å². The predicted molar refractivity (Wildman–Crippen MR) is 106 cm³/mol. The zero-order valence-corrected chi connectivity index (χ0v) is 16.1. The van der Waals surface area contributed by atoms with Gasteiger partial charge in [0.1, 0.15) is 5.75 Å². The topological polar surface area (TPSA) is 28.6 Å². The molecule has 0 radical (unpaired) electrons. The number of likely N-dealkylation sites (tertiary alicyclic amines) is 1. The van der Waals surface area contributed by atoms with E-state index in [2.05, 4.69) is 52.2 Å². The van der Waals surface area contributed by atoms with Crippen LogP contribution in [0.1, 0.15) is 24.0 Å². The van der Waals surface area contributed by atoms with Gasteiger partial charge < -0.3 is 14.5 Å². The fraction of sp³-hybridized carbons (Fsp3) is 0.500. The Hall–Kier alpha value is -1.91. The highest BCUT2D eigenvalue weighted by molar-refractivity contribution is 5.27. The molecule has 1 saturated heterocycles. The van der Waals surface area contributed by atoms with Gasteiger partial charge in [-0.15, -0.1) is 0 Å². The molecule has 4 nitrogen and oxygen atoms in total. The van der Waals surface area contributed by atoms with Gasteiger partial charge in [-0.2, -0.15) is 0 Å². The SMILES string of the molecule is COc1ccc(CCN2CCCC(CN(C)Cc3cccnc3)C2)cc1. The Morgan fingerprint density at radius 1 is 1.19 bits per heavy atom. The van der Waals surface area contributed by atoms with Crippen LogP contribution in [0, 0.1) is 5.92 Å². The van der Waals surface area contributed by atoms with Gasteiger partial charge in [0.15, 0.2) is 0 Å². The zero-order valence-electron chi connectivity index (χ0n) is 16.1. The largest absolute Gasteiger partial charge is 0.497 e. The van der Waals surface area contributed by atoms with E-state index in [0.29, 0.717) is 0 Å². The Morgan fingerprint density at radius 3 is 2.77 bits per heavy atom. The van der Waals surface area contributed by atoms with E-state index < -0.39 is 0 Å². The summed E-state index contributed by atoms with van der Waals surface area (Å²) in [5.74, 6) is 1.70. The first-order chi connectivity index (χ1) is 12.7. The van der Waals surface area contributed by atoms with Gasteiger partial charge in [-0.25, -0.2) is 0 Å². The smallest absolute Gasteiger partial charge is 0.118 e. The van der Waals surface area contributed by atoms with Crippen LogP contribution in [0.4, 0.5) is 0 Å². The van der Waals surface area contributed by atoms with Crippen LogP contribution >= 0.6 is 0 Å². The lowest BCUT2D eigenvalue weighted by Gasteiger charge is -2.34. The number of rotatable bonds is 8. The van der Waals surface area contributed by atoms with Crippen LogP contribution in [0.5, 0.6) is 5.75 Å². The molecule has 0 amide bonds. The first-order valence-corrected chi connectivity index (χ1v) is 9.65. The van der Waals surface area contributed by atoms with Gasteiger partial charge >= 0.3 is 0 Å². The lowest BCUT2D eigenvalue weighted by molar-refractivity contribution is 0.142. The van der Waals surface area contributed by atoms with Crippen LogP contribution in [-0.2, 0) is 13.0 Å². The second-order valence-corrected chi connectivity index (χ2v) is 7.46. The van der Waals surface area contributed by atoms with Crippen LogP contribution in [0.15, 0.2) is 48.8 Å². The van der Waals surface area contributed by atoms with E-state index in [4.69, 9.17) is 4.74 Å². The Bertz CT molecular complexity index is 644. The normalized spacial score (nSPS) is 18.2. The zero-order chi connectivity index (χ0) is 18.2. The molecule has 2 heterocycles. The molecule has 1 aromatic heterocycles. The highest BCUT2D eigenvalue weighted by atomic mass is 16.5. The summed E-state index contributed by atoms with van der Waals surface area (Å²) in [5, 5.41) is 0. The van der Waals surface area contributed by atoms with Crippen LogP contribution < -0.4 is 4.74 Å². The van der Waals surface area contributed by atoms with Crippen LogP contribution in [-0.4, -0.2) is 55.1 Å². The molecule has 2 aromatic rings. The van der Waals surface area contributed by atoms with Crippen molar-refractivity contribution in [3.05, 3.63) is 59.9 Å². The molecule has 1 unspecified atom stereocenters. The Balaban J connectivity index is 1.43. The van der Waals surface area contributed by atoms with E-state index in [9.17, 15) is 0 Å². The Kier molecular flexibility index (Phi) is 7.04. The second kappa shape index (κ2) is 9.70. The molecule has 1 aliphatic rings. The summed E-state index contributed by atoms with van der Waals surface area (Å²) in [5.41, 5.74) is 2.68. The molecule has 4 heteroatoms. The van der Waals surface area contributed by atoms with Gasteiger partial charge in [-0.3, -0.25) is 4.98 Å². The number of benzene rings is 1. The molecule has 0 bridgehead atoms. The molecule has 1 aliphatic heterocycles. The minimum Gasteiger partial charge on any atom is -0.497 e. The van der Waals surface area contributed by atoms with Gasteiger partial charge in [0.2, 0.25) is 0 Å². The monoisotopic (exact) mass is 353 g/mol. The van der Waals surface area contributed by atoms with Crippen molar-refractivity contribution in [1.82, 2.24) is 14.8 Å². The van der Waals surface area contributed by atoms with Gasteiger partial charge in [-0.05, 0) is 68.1 Å². The number of methoxy groups -OCH3 is 1. The summed E-state index contributed by atoms with van der Waals surface area (Å²) in [6, 6.07) is 12.7. The summed E-state index contributed by atoms with van der Waals surface area (Å²) >= 11 is 0. The van der Waals surface area contributed by atoms with E-state index in [1.807, 2.05) is 18.5 Å². The third kappa shape index (κ3) is 5.82. The van der Waals surface area contributed by atoms with Crippen molar-refractivity contribution in [2.75, 3.05) is 40.3 Å². The van der Waals surface area contributed by atoms with Crippen molar-refractivity contribution in [2.24, 2.45) is 5.92 Å². The van der Waals surface area contributed by atoms with Crippen molar-refractivity contribution in [1.29, 1.82) is 0 Å². The molecule has 1 atom stereocenters. The van der Waals surface area contributed by atoms with Crippen LogP contribution in [0.3, 0.4) is 0 Å². The van der Waals surface area contributed by atoms with E-state index in [-0.39, 0.29) is 0 Å². The van der Waals surface area contributed by atoms with Crippen molar-refractivity contribution in [2.45, 2.75) is 25.8 Å². The first-order valence-electron chi connectivity index (χ1n) is 9.65. The van der Waals surface area contributed by atoms with Crippen molar-refractivity contribution in [3.63, 3.8) is 0 Å². The number of piperidine rings is 1. The highest BCUT2D eigenvalue weighted by Gasteiger charge is 2.21. The number of ether oxygens (including phenoxy) is 1. The molecule has 0 spiro atoms. The Labute approximate surface area is 157 Å². The van der Waals surface area contributed by atoms with E-state index in [1.54, 1.807) is 7.11 Å². The highest BCUT2D eigenvalue weighted by Crippen LogP contribution is 2.19. The number of hydrogen-bond acceptors (Lipinski definition) is 4. The predicted octanol–water partition coefficient (Wildman–Crippen LogP) is 3.48. The van der Waals surface area contributed by atoms with Gasteiger partial charge in [0.25, 0.3) is 0 Å². The van der Waals surface area contributed by atoms with Crippen molar-refractivity contribution < 1.29 is 4.74 Å². The lowest BCUT2D eigenvalue weighted by atomic mass is 9.97. The fourth-order valence-corrected chi connectivity index (χ4v) is 3.89. The van der Waals surface area contributed by atoms with E-state index in [0.717, 1.165) is 37.7 Å². The molecule has 0 aliphatic carbocycles. The third-order valence-corrected chi connectivity index (χ3v) is 5.22. The quantitative estimate of drug-likeness (QED) is 0.726. The minimum atomic E-state index is 0.765. The Morgan fingerprint density at radius 2 is 2.04 bits per heavy atom. The van der Waals surface area contributed by atoms with Crippen molar-refractivity contribution in [3.8, 4) is 5.75 Å². The maximum atomic E-state index is 5.24. The molecule has 0 saturated carbocycles.